The molecule has 1 aromatic heterocycles. The number of aliphatic hydroxyl groups excluding tert-OH is 1. The predicted octanol–water partition coefficient (Wildman–Crippen LogP) is 4.00. The Morgan fingerprint density at radius 2 is 2.00 bits per heavy atom. The summed E-state index contributed by atoms with van der Waals surface area (Å²) in [7, 11) is 0. The maximum Gasteiger partial charge on any atom is 0.315 e. The number of rotatable bonds is 5. The normalized spacial score (nSPS) is 36.4. The Balaban J connectivity index is 1.13. The van der Waals surface area contributed by atoms with Gasteiger partial charge >= 0.3 is 6.03 Å². The van der Waals surface area contributed by atoms with Crippen molar-refractivity contribution in [1.82, 2.24) is 20.2 Å². The molecule has 4 atom stereocenters. The number of carbonyl (C=O) groups excluding carboxylic acids is 1. The fraction of sp³-hybridized carbons (Fsp3) is 0.615. The Hall–Kier alpha value is -2.41. The van der Waals surface area contributed by atoms with Gasteiger partial charge in [-0.05, 0) is 80.6 Å². The van der Waals surface area contributed by atoms with Crippen molar-refractivity contribution >= 4 is 6.03 Å². The zero-order valence-electron chi connectivity index (χ0n) is 18.7. The average Bonchev–Trinajstić information content (AvgIpc) is 3.36. The van der Waals surface area contributed by atoms with E-state index < -0.39 is 6.10 Å². The van der Waals surface area contributed by atoms with Gasteiger partial charge in [0.05, 0.1) is 30.4 Å². The number of halogens is 1. The van der Waals surface area contributed by atoms with Crippen LogP contribution in [-0.2, 0) is 0 Å². The summed E-state index contributed by atoms with van der Waals surface area (Å²) in [5.74, 6) is 1.27. The fourth-order valence-corrected chi connectivity index (χ4v) is 8.03. The van der Waals surface area contributed by atoms with Crippen LogP contribution in [0.15, 0.2) is 30.7 Å². The van der Waals surface area contributed by atoms with Crippen LogP contribution in [0.3, 0.4) is 0 Å². The van der Waals surface area contributed by atoms with Crippen LogP contribution in [0.4, 0.5) is 9.18 Å². The highest BCUT2D eigenvalue weighted by molar-refractivity contribution is 5.75. The highest BCUT2D eigenvalue weighted by Crippen LogP contribution is 2.62. The van der Waals surface area contributed by atoms with Crippen molar-refractivity contribution in [2.45, 2.75) is 75.6 Å². The van der Waals surface area contributed by atoms with Gasteiger partial charge in [0, 0.05) is 23.2 Å². The average molecular weight is 451 g/mol. The van der Waals surface area contributed by atoms with Crippen LogP contribution in [0.25, 0.3) is 11.3 Å². The molecular formula is C26H31FN4O2. The number of aromatic nitrogens is 2. The standard InChI is InChI=1S/C26H31FN4O2/c27-19-3-1-2-18-21-12-28-13-31(21)20(23(18)19)8-22(32)26-9-14-6-15(10-26)24(16(7-14)11-26)30-25(33)29-17-4-5-17/h1-3,12-17,20,22,24,32H,4-11H2,(H2,29,30,33). The van der Waals surface area contributed by atoms with Crippen molar-refractivity contribution in [2.75, 3.05) is 0 Å². The quantitative estimate of drug-likeness (QED) is 0.644. The Kier molecular flexibility index (Phi) is 4.27. The number of nitrogens with one attached hydrogen (secondary N) is 2. The van der Waals surface area contributed by atoms with Crippen LogP contribution in [0.2, 0.25) is 0 Å². The summed E-state index contributed by atoms with van der Waals surface area (Å²) in [6.07, 6.45) is 11.0. The zero-order valence-corrected chi connectivity index (χ0v) is 18.7. The minimum absolute atomic E-state index is 0.0183. The third-order valence-corrected chi connectivity index (χ3v) is 9.35. The summed E-state index contributed by atoms with van der Waals surface area (Å²) in [6, 6.07) is 5.55. The predicted molar refractivity (Wildman–Crippen MR) is 121 cm³/mol. The van der Waals surface area contributed by atoms with Crippen molar-refractivity contribution in [3.63, 3.8) is 0 Å². The van der Waals surface area contributed by atoms with E-state index >= 15 is 0 Å². The van der Waals surface area contributed by atoms with E-state index in [1.807, 2.05) is 10.6 Å². The minimum Gasteiger partial charge on any atom is -0.392 e. The summed E-state index contributed by atoms with van der Waals surface area (Å²) in [5, 5.41) is 18.1. The molecule has 5 saturated carbocycles. The second-order valence-corrected chi connectivity index (χ2v) is 11.4. The number of amides is 2. The Morgan fingerprint density at radius 1 is 1.21 bits per heavy atom. The van der Waals surface area contributed by atoms with E-state index in [1.165, 1.54) is 6.07 Å². The molecule has 3 N–H and O–H groups in total. The van der Waals surface area contributed by atoms with Gasteiger partial charge in [-0.15, -0.1) is 0 Å². The van der Waals surface area contributed by atoms with Crippen molar-refractivity contribution in [3.05, 3.63) is 42.1 Å². The van der Waals surface area contributed by atoms with E-state index in [0.717, 1.165) is 56.2 Å². The van der Waals surface area contributed by atoms with Gasteiger partial charge in [-0.2, -0.15) is 0 Å². The van der Waals surface area contributed by atoms with Crippen LogP contribution < -0.4 is 10.6 Å². The van der Waals surface area contributed by atoms with Crippen molar-refractivity contribution in [2.24, 2.45) is 23.2 Å². The highest BCUT2D eigenvalue weighted by atomic mass is 19.1. The maximum atomic E-state index is 14.9. The van der Waals surface area contributed by atoms with Gasteiger partial charge in [-0.25, -0.2) is 14.2 Å². The van der Waals surface area contributed by atoms with Crippen molar-refractivity contribution < 1.29 is 14.3 Å². The molecule has 4 bridgehead atoms. The molecule has 1 aromatic carbocycles. The summed E-state index contributed by atoms with van der Waals surface area (Å²) < 4.78 is 16.9. The molecule has 5 fully saturated rings. The Morgan fingerprint density at radius 3 is 2.76 bits per heavy atom. The fourth-order valence-electron chi connectivity index (χ4n) is 8.03. The second-order valence-electron chi connectivity index (χ2n) is 11.4. The molecule has 1 aliphatic heterocycles. The molecule has 2 aromatic rings. The first-order chi connectivity index (χ1) is 16.0. The number of carbonyl (C=O) groups is 1. The number of aliphatic hydroxyl groups is 1. The number of urea groups is 1. The lowest BCUT2D eigenvalue weighted by Crippen LogP contribution is -2.62. The highest BCUT2D eigenvalue weighted by Gasteiger charge is 2.58. The monoisotopic (exact) mass is 450 g/mol. The number of hydrogen-bond acceptors (Lipinski definition) is 3. The van der Waals surface area contributed by atoms with Gasteiger partial charge in [0.25, 0.3) is 0 Å². The molecule has 8 rings (SSSR count). The van der Waals surface area contributed by atoms with E-state index in [1.54, 1.807) is 18.6 Å². The molecular weight excluding hydrogens is 419 g/mol. The van der Waals surface area contributed by atoms with E-state index in [0.29, 0.717) is 35.8 Å². The number of hydrogen-bond donors (Lipinski definition) is 3. The lowest BCUT2D eigenvalue weighted by molar-refractivity contribution is -0.135. The van der Waals surface area contributed by atoms with Crippen LogP contribution in [0.5, 0.6) is 0 Å². The third-order valence-electron chi connectivity index (χ3n) is 9.35. The van der Waals surface area contributed by atoms with Crippen molar-refractivity contribution in [3.8, 4) is 11.3 Å². The third kappa shape index (κ3) is 3.07. The van der Waals surface area contributed by atoms with E-state index in [9.17, 15) is 14.3 Å². The smallest absolute Gasteiger partial charge is 0.315 e. The first kappa shape index (κ1) is 20.0. The topological polar surface area (TPSA) is 79.2 Å². The first-order valence-corrected chi connectivity index (χ1v) is 12.6. The van der Waals surface area contributed by atoms with E-state index in [2.05, 4.69) is 15.6 Å². The molecule has 5 aliphatic carbocycles. The molecule has 6 aliphatic rings. The SMILES string of the molecule is O=C(NC1CC1)NC1C2CC3CC1CC(C(O)CC1c4c(F)cccc4-c4cncn41)(C3)C2. The molecule has 4 unspecified atom stereocenters. The van der Waals surface area contributed by atoms with Gasteiger partial charge in [0.1, 0.15) is 5.82 Å². The van der Waals surface area contributed by atoms with Gasteiger partial charge in [0.15, 0.2) is 0 Å². The van der Waals surface area contributed by atoms with Crippen LogP contribution in [0, 0.1) is 29.0 Å². The number of fused-ring (bicyclic) bond motifs is 3. The second kappa shape index (κ2) is 7.05. The summed E-state index contributed by atoms with van der Waals surface area (Å²) in [4.78, 5) is 16.8. The Bertz CT molecular complexity index is 1100. The van der Waals surface area contributed by atoms with E-state index in [-0.39, 0.29) is 29.3 Å². The summed E-state index contributed by atoms with van der Waals surface area (Å²) in [5.41, 5.74) is 2.38. The van der Waals surface area contributed by atoms with Crippen LogP contribution in [0.1, 0.15) is 63.0 Å². The first-order valence-electron chi connectivity index (χ1n) is 12.6. The lowest BCUT2D eigenvalue weighted by Gasteiger charge is -2.61. The van der Waals surface area contributed by atoms with Crippen LogP contribution in [-0.4, -0.2) is 38.9 Å². The largest absolute Gasteiger partial charge is 0.392 e. The lowest BCUT2D eigenvalue weighted by atomic mass is 9.46. The molecule has 0 radical (unpaired) electrons. The minimum atomic E-state index is -0.502. The maximum absolute atomic E-state index is 14.9. The number of benzene rings is 1. The van der Waals surface area contributed by atoms with Gasteiger partial charge in [-0.1, -0.05) is 12.1 Å². The van der Waals surface area contributed by atoms with Gasteiger partial charge < -0.3 is 20.3 Å². The van der Waals surface area contributed by atoms with E-state index in [4.69, 9.17) is 0 Å². The molecule has 0 spiro atoms. The molecule has 2 heterocycles. The molecule has 6 nitrogen and oxygen atoms in total. The Labute approximate surface area is 193 Å². The van der Waals surface area contributed by atoms with Crippen molar-refractivity contribution in [1.29, 1.82) is 0 Å². The van der Waals surface area contributed by atoms with Crippen LogP contribution >= 0.6 is 0 Å². The zero-order chi connectivity index (χ0) is 22.3. The molecule has 0 saturated heterocycles. The van der Waals surface area contributed by atoms with Gasteiger partial charge in [-0.3, -0.25) is 0 Å². The molecule has 174 valence electrons. The number of nitrogens with zero attached hydrogens (tertiary/aromatic N) is 2. The van der Waals surface area contributed by atoms with Gasteiger partial charge in [0.2, 0.25) is 0 Å². The molecule has 7 heteroatoms. The molecule has 33 heavy (non-hydrogen) atoms. The summed E-state index contributed by atoms with van der Waals surface area (Å²) >= 11 is 0. The number of imidazole rings is 1. The molecule has 2 amide bonds. The summed E-state index contributed by atoms with van der Waals surface area (Å²) in [6.45, 7) is 0.